The van der Waals surface area contributed by atoms with Crippen LogP contribution in [0.5, 0.6) is 0 Å². The van der Waals surface area contributed by atoms with Crippen LogP contribution in [0, 0.1) is 11.3 Å². The predicted molar refractivity (Wildman–Crippen MR) is 86.6 cm³/mol. The summed E-state index contributed by atoms with van der Waals surface area (Å²) in [5.41, 5.74) is 3.42. The van der Waals surface area contributed by atoms with Crippen LogP contribution in [0.3, 0.4) is 0 Å². The fourth-order valence-corrected chi connectivity index (χ4v) is 2.92. The third kappa shape index (κ3) is 3.82. The van der Waals surface area contributed by atoms with E-state index >= 15 is 0 Å². The fraction of sp³-hybridized carbons (Fsp3) is 0.647. The van der Waals surface area contributed by atoms with Gasteiger partial charge in [-0.15, -0.1) is 0 Å². The van der Waals surface area contributed by atoms with Crippen LogP contribution in [-0.4, -0.2) is 12.6 Å². The molecule has 0 bridgehead atoms. The molecule has 1 atom stereocenters. The number of benzene rings is 1. The Morgan fingerprint density at radius 3 is 2.74 bits per heavy atom. The molecule has 106 valence electrons. The molecule has 1 aliphatic carbocycles. The molecule has 1 unspecified atom stereocenters. The quantitative estimate of drug-likeness (QED) is 0.855. The molecular weight excluding hydrogens is 298 g/mol. The second-order valence-corrected chi connectivity index (χ2v) is 7.79. The van der Waals surface area contributed by atoms with Crippen molar-refractivity contribution >= 4 is 15.9 Å². The topological polar surface area (TPSA) is 12.0 Å². The van der Waals surface area contributed by atoms with Crippen LogP contribution >= 0.6 is 15.9 Å². The first kappa shape index (κ1) is 15.1. The van der Waals surface area contributed by atoms with Gasteiger partial charge in [0.1, 0.15) is 0 Å². The molecule has 1 aromatic carbocycles. The maximum absolute atomic E-state index is 3.79. The molecular formula is C17H26BrN. The van der Waals surface area contributed by atoms with Crippen LogP contribution in [0.2, 0.25) is 0 Å². The van der Waals surface area contributed by atoms with Gasteiger partial charge in [0.05, 0.1) is 0 Å². The Kier molecular flexibility index (Phi) is 4.73. The van der Waals surface area contributed by atoms with Crippen LogP contribution < -0.4 is 5.32 Å². The molecule has 1 aromatic rings. The van der Waals surface area contributed by atoms with Crippen LogP contribution in [0.4, 0.5) is 0 Å². The summed E-state index contributed by atoms with van der Waals surface area (Å²) in [4.78, 5) is 0. The van der Waals surface area contributed by atoms with E-state index in [1.165, 1.54) is 34.9 Å². The van der Waals surface area contributed by atoms with Gasteiger partial charge in [-0.25, -0.2) is 0 Å². The molecule has 1 nitrogen and oxygen atoms in total. The zero-order valence-corrected chi connectivity index (χ0v) is 14.2. The Bertz CT molecular complexity index is 437. The molecule has 0 amide bonds. The largest absolute Gasteiger partial charge is 0.313 e. The van der Waals surface area contributed by atoms with Gasteiger partial charge in [-0.2, -0.15) is 0 Å². The normalized spacial score (nSPS) is 19.6. The lowest BCUT2D eigenvalue weighted by molar-refractivity contribution is 0.224. The second-order valence-electron chi connectivity index (χ2n) is 6.88. The maximum Gasteiger partial charge on any atom is 0.0178 e. The number of nitrogens with one attached hydrogen (secondary N) is 1. The molecule has 19 heavy (non-hydrogen) atoms. The first-order valence-electron chi connectivity index (χ1n) is 7.39. The number of fused-ring (bicyclic) bond motifs is 1. The third-order valence-electron chi connectivity index (χ3n) is 4.81. The van der Waals surface area contributed by atoms with Crippen molar-refractivity contribution in [3.05, 3.63) is 33.8 Å². The fourth-order valence-electron chi connectivity index (χ4n) is 2.51. The summed E-state index contributed by atoms with van der Waals surface area (Å²) in [6, 6.07) is 7.37. The van der Waals surface area contributed by atoms with Gasteiger partial charge in [0, 0.05) is 17.1 Å². The molecule has 0 saturated carbocycles. The number of hydrogen-bond acceptors (Lipinski definition) is 1. The van der Waals surface area contributed by atoms with Gasteiger partial charge < -0.3 is 5.32 Å². The summed E-state index contributed by atoms with van der Waals surface area (Å²) >= 11 is 3.56. The standard InChI is InChI=1S/C17H26BrN/c1-12(2)17(3,4)11-19-16-8-6-13-9-15(18)7-5-14(13)10-16/h5,7,9,12,16,19H,6,8,10-11H2,1-4H3. The molecule has 1 aliphatic rings. The highest BCUT2D eigenvalue weighted by Crippen LogP contribution is 2.27. The summed E-state index contributed by atoms with van der Waals surface area (Å²) in [7, 11) is 0. The monoisotopic (exact) mass is 323 g/mol. The summed E-state index contributed by atoms with van der Waals surface area (Å²) in [6.07, 6.45) is 3.64. The van der Waals surface area contributed by atoms with E-state index in [0.29, 0.717) is 17.4 Å². The number of aryl methyl sites for hydroxylation is 1. The Morgan fingerprint density at radius 2 is 2.05 bits per heavy atom. The first-order valence-corrected chi connectivity index (χ1v) is 8.18. The lowest BCUT2D eigenvalue weighted by atomic mass is 9.80. The number of hydrogen-bond donors (Lipinski definition) is 1. The van der Waals surface area contributed by atoms with Gasteiger partial charge in [0.15, 0.2) is 0 Å². The van der Waals surface area contributed by atoms with Crippen molar-refractivity contribution < 1.29 is 0 Å². The zero-order chi connectivity index (χ0) is 14.0. The van der Waals surface area contributed by atoms with Crippen molar-refractivity contribution in [1.29, 1.82) is 0 Å². The van der Waals surface area contributed by atoms with Crippen LogP contribution in [0.15, 0.2) is 22.7 Å². The Labute approximate surface area is 126 Å². The predicted octanol–water partition coefficient (Wildman–Crippen LogP) is 4.58. The lowest BCUT2D eigenvalue weighted by Crippen LogP contribution is -2.42. The van der Waals surface area contributed by atoms with Crippen molar-refractivity contribution in [3.63, 3.8) is 0 Å². The van der Waals surface area contributed by atoms with Gasteiger partial charge >= 0.3 is 0 Å². The summed E-state index contributed by atoms with van der Waals surface area (Å²) in [5.74, 6) is 0.715. The van der Waals surface area contributed by atoms with Gasteiger partial charge in [-0.3, -0.25) is 0 Å². The molecule has 0 radical (unpaired) electrons. The molecule has 2 rings (SSSR count). The van der Waals surface area contributed by atoms with Gasteiger partial charge in [-0.1, -0.05) is 49.7 Å². The van der Waals surface area contributed by atoms with Crippen molar-refractivity contribution in [1.82, 2.24) is 5.32 Å². The van der Waals surface area contributed by atoms with Gasteiger partial charge in [-0.05, 0) is 53.9 Å². The Balaban J connectivity index is 1.94. The zero-order valence-electron chi connectivity index (χ0n) is 12.6. The average molecular weight is 324 g/mol. The van der Waals surface area contributed by atoms with E-state index in [1.54, 1.807) is 0 Å². The summed E-state index contributed by atoms with van der Waals surface area (Å²) < 4.78 is 1.21. The van der Waals surface area contributed by atoms with Crippen molar-refractivity contribution in [2.24, 2.45) is 11.3 Å². The Morgan fingerprint density at radius 1 is 1.32 bits per heavy atom. The molecule has 0 saturated heterocycles. The first-order chi connectivity index (χ1) is 8.88. The summed E-state index contributed by atoms with van der Waals surface area (Å²) in [6.45, 7) is 10.5. The van der Waals surface area contributed by atoms with Crippen molar-refractivity contribution in [3.8, 4) is 0 Å². The SMILES string of the molecule is CC(C)C(C)(C)CNC1CCc2cc(Br)ccc2C1. The van der Waals surface area contributed by atoms with Crippen LogP contribution in [0.1, 0.15) is 45.2 Å². The van der Waals surface area contributed by atoms with E-state index in [4.69, 9.17) is 0 Å². The highest BCUT2D eigenvalue weighted by atomic mass is 79.9. The molecule has 2 heteroatoms. The van der Waals surface area contributed by atoms with Crippen molar-refractivity contribution in [2.45, 2.75) is 53.0 Å². The Hall–Kier alpha value is -0.340. The lowest BCUT2D eigenvalue weighted by Gasteiger charge is -2.33. The van der Waals surface area contributed by atoms with E-state index in [0.717, 1.165) is 6.54 Å². The van der Waals surface area contributed by atoms with Crippen LogP contribution in [0.25, 0.3) is 0 Å². The van der Waals surface area contributed by atoms with E-state index in [-0.39, 0.29) is 0 Å². The van der Waals surface area contributed by atoms with Gasteiger partial charge in [0.25, 0.3) is 0 Å². The van der Waals surface area contributed by atoms with Crippen LogP contribution in [-0.2, 0) is 12.8 Å². The molecule has 0 fully saturated rings. The average Bonchev–Trinajstić information content (AvgIpc) is 2.36. The van der Waals surface area contributed by atoms with Crippen molar-refractivity contribution in [2.75, 3.05) is 6.54 Å². The molecule has 0 aliphatic heterocycles. The minimum atomic E-state index is 0.375. The molecule has 0 heterocycles. The number of halogens is 1. The van der Waals surface area contributed by atoms with E-state index in [9.17, 15) is 0 Å². The highest BCUT2D eigenvalue weighted by molar-refractivity contribution is 9.10. The number of rotatable bonds is 4. The maximum atomic E-state index is 3.79. The minimum absolute atomic E-state index is 0.375. The minimum Gasteiger partial charge on any atom is -0.313 e. The smallest absolute Gasteiger partial charge is 0.0178 e. The molecule has 0 spiro atoms. The summed E-state index contributed by atoms with van der Waals surface area (Å²) in [5, 5.41) is 3.79. The highest BCUT2D eigenvalue weighted by Gasteiger charge is 2.25. The molecule has 0 aromatic heterocycles. The third-order valence-corrected chi connectivity index (χ3v) is 5.30. The molecule has 1 N–H and O–H groups in total. The van der Waals surface area contributed by atoms with E-state index in [2.05, 4.69) is 67.1 Å². The second kappa shape index (κ2) is 5.97. The van der Waals surface area contributed by atoms with Gasteiger partial charge in [0.2, 0.25) is 0 Å². The van der Waals surface area contributed by atoms with E-state index < -0.39 is 0 Å². The van der Waals surface area contributed by atoms with E-state index in [1.807, 2.05) is 0 Å².